The molecule has 0 bridgehead atoms. The molecule has 0 fully saturated rings. The standard InChI is InChI=1S/C10H13NO2/c1-4-8-9(10(12)13)6(2)5-7(3)11-8/h5H,4H2,1-3H3,(H,12,13). The fourth-order valence-corrected chi connectivity index (χ4v) is 1.46. The molecule has 0 aliphatic heterocycles. The van der Waals surface area contributed by atoms with Crippen molar-refractivity contribution in [2.24, 2.45) is 0 Å². The van der Waals surface area contributed by atoms with Gasteiger partial charge >= 0.3 is 5.97 Å². The lowest BCUT2D eigenvalue weighted by Gasteiger charge is -2.07. The van der Waals surface area contributed by atoms with E-state index in [1.54, 1.807) is 13.0 Å². The van der Waals surface area contributed by atoms with E-state index in [0.29, 0.717) is 17.7 Å². The van der Waals surface area contributed by atoms with E-state index in [4.69, 9.17) is 5.11 Å². The highest BCUT2D eigenvalue weighted by molar-refractivity contribution is 5.90. The van der Waals surface area contributed by atoms with Crippen LogP contribution in [-0.4, -0.2) is 16.1 Å². The maximum atomic E-state index is 10.9. The molecule has 0 atom stereocenters. The van der Waals surface area contributed by atoms with Gasteiger partial charge in [-0.3, -0.25) is 4.98 Å². The van der Waals surface area contributed by atoms with Gasteiger partial charge in [0.05, 0.1) is 11.3 Å². The zero-order valence-electron chi connectivity index (χ0n) is 8.09. The number of aryl methyl sites for hydroxylation is 3. The van der Waals surface area contributed by atoms with Gasteiger partial charge in [0.15, 0.2) is 0 Å². The number of rotatable bonds is 2. The van der Waals surface area contributed by atoms with Crippen LogP contribution < -0.4 is 0 Å². The Bertz CT molecular complexity index is 345. The lowest BCUT2D eigenvalue weighted by Crippen LogP contribution is -2.07. The number of aromatic nitrogens is 1. The van der Waals surface area contributed by atoms with E-state index in [1.165, 1.54) is 0 Å². The lowest BCUT2D eigenvalue weighted by molar-refractivity contribution is 0.0694. The number of nitrogens with zero attached hydrogens (tertiary/aromatic N) is 1. The quantitative estimate of drug-likeness (QED) is 0.755. The fourth-order valence-electron chi connectivity index (χ4n) is 1.46. The fraction of sp³-hybridized carbons (Fsp3) is 0.400. The molecule has 1 heterocycles. The maximum Gasteiger partial charge on any atom is 0.337 e. The molecular formula is C10H13NO2. The Balaban J connectivity index is 3.38. The molecule has 0 radical (unpaired) electrons. The van der Waals surface area contributed by atoms with Gasteiger partial charge in [0.2, 0.25) is 0 Å². The molecule has 3 heteroatoms. The van der Waals surface area contributed by atoms with E-state index < -0.39 is 5.97 Å². The maximum absolute atomic E-state index is 10.9. The van der Waals surface area contributed by atoms with Gasteiger partial charge in [-0.15, -0.1) is 0 Å². The van der Waals surface area contributed by atoms with Crippen LogP contribution in [0.2, 0.25) is 0 Å². The predicted octanol–water partition coefficient (Wildman–Crippen LogP) is 1.96. The highest BCUT2D eigenvalue weighted by atomic mass is 16.4. The first-order valence-corrected chi connectivity index (χ1v) is 4.26. The summed E-state index contributed by atoms with van der Waals surface area (Å²) in [4.78, 5) is 15.1. The minimum Gasteiger partial charge on any atom is -0.478 e. The predicted molar refractivity (Wildman–Crippen MR) is 50.0 cm³/mol. The van der Waals surface area contributed by atoms with Gasteiger partial charge in [0.1, 0.15) is 0 Å². The smallest absolute Gasteiger partial charge is 0.337 e. The second kappa shape index (κ2) is 3.56. The van der Waals surface area contributed by atoms with Crippen LogP contribution in [0.5, 0.6) is 0 Å². The van der Waals surface area contributed by atoms with Crippen molar-refractivity contribution in [3.8, 4) is 0 Å². The molecule has 1 aromatic heterocycles. The van der Waals surface area contributed by atoms with Crippen LogP contribution in [0, 0.1) is 13.8 Å². The molecule has 70 valence electrons. The monoisotopic (exact) mass is 179 g/mol. The number of aromatic carboxylic acids is 1. The van der Waals surface area contributed by atoms with E-state index in [9.17, 15) is 4.79 Å². The van der Waals surface area contributed by atoms with E-state index in [-0.39, 0.29) is 0 Å². The Hall–Kier alpha value is -1.38. The molecule has 0 amide bonds. The molecule has 0 aliphatic rings. The third-order valence-electron chi connectivity index (χ3n) is 1.97. The van der Waals surface area contributed by atoms with E-state index >= 15 is 0 Å². The first-order chi connectivity index (χ1) is 6.06. The number of carboxylic acid groups (broad SMARTS) is 1. The number of hydrogen-bond donors (Lipinski definition) is 1. The molecule has 0 unspecified atom stereocenters. The van der Waals surface area contributed by atoms with Crippen LogP contribution in [0.1, 0.15) is 34.2 Å². The highest BCUT2D eigenvalue weighted by Crippen LogP contribution is 2.14. The average molecular weight is 179 g/mol. The zero-order chi connectivity index (χ0) is 10.0. The van der Waals surface area contributed by atoms with Crippen LogP contribution in [0.4, 0.5) is 0 Å². The lowest BCUT2D eigenvalue weighted by atomic mass is 10.1. The van der Waals surface area contributed by atoms with E-state index in [0.717, 1.165) is 11.3 Å². The zero-order valence-corrected chi connectivity index (χ0v) is 8.09. The summed E-state index contributed by atoms with van der Waals surface area (Å²) in [7, 11) is 0. The minimum atomic E-state index is -0.887. The molecule has 0 saturated heterocycles. The normalized spacial score (nSPS) is 10.1. The van der Waals surface area contributed by atoms with Gasteiger partial charge in [-0.1, -0.05) is 6.92 Å². The SMILES string of the molecule is CCc1nc(C)cc(C)c1C(=O)O. The molecule has 0 saturated carbocycles. The molecule has 13 heavy (non-hydrogen) atoms. The molecular weight excluding hydrogens is 166 g/mol. The molecule has 1 N–H and O–H groups in total. The summed E-state index contributed by atoms with van der Waals surface area (Å²) in [5, 5.41) is 8.93. The van der Waals surface area contributed by atoms with Gasteiger partial charge in [-0.2, -0.15) is 0 Å². The van der Waals surface area contributed by atoms with Gasteiger partial charge in [0.25, 0.3) is 0 Å². The number of carboxylic acids is 1. The van der Waals surface area contributed by atoms with E-state index in [2.05, 4.69) is 4.98 Å². The number of hydrogen-bond acceptors (Lipinski definition) is 2. The molecule has 0 aliphatic carbocycles. The van der Waals surface area contributed by atoms with Crippen molar-refractivity contribution < 1.29 is 9.90 Å². The molecule has 0 spiro atoms. The van der Waals surface area contributed by atoms with Gasteiger partial charge < -0.3 is 5.11 Å². The van der Waals surface area contributed by atoms with Crippen molar-refractivity contribution in [3.63, 3.8) is 0 Å². The minimum absolute atomic E-state index is 0.355. The van der Waals surface area contributed by atoms with Crippen LogP contribution in [0.3, 0.4) is 0 Å². The Morgan fingerprint density at radius 3 is 2.62 bits per heavy atom. The molecule has 3 nitrogen and oxygen atoms in total. The highest BCUT2D eigenvalue weighted by Gasteiger charge is 2.13. The van der Waals surface area contributed by atoms with Crippen molar-refractivity contribution in [2.45, 2.75) is 27.2 Å². The van der Waals surface area contributed by atoms with Gasteiger partial charge in [-0.25, -0.2) is 4.79 Å². The van der Waals surface area contributed by atoms with Crippen molar-refractivity contribution >= 4 is 5.97 Å². The second-order valence-electron chi connectivity index (χ2n) is 3.06. The summed E-state index contributed by atoms with van der Waals surface area (Å²) in [6, 6.07) is 1.79. The van der Waals surface area contributed by atoms with Crippen molar-refractivity contribution in [2.75, 3.05) is 0 Å². The molecule has 0 aromatic carbocycles. The third-order valence-corrected chi connectivity index (χ3v) is 1.97. The van der Waals surface area contributed by atoms with Crippen molar-refractivity contribution in [1.82, 2.24) is 4.98 Å². The Kier molecular flexibility index (Phi) is 2.66. The number of carbonyl (C=O) groups is 1. The summed E-state index contributed by atoms with van der Waals surface area (Å²) in [6.45, 7) is 5.59. The summed E-state index contributed by atoms with van der Waals surface area (Å²) < 4.78 is 0. The summed E-state index contributed by atoms with van der Waals surface area (Å²) in [6.07, 6.45) is 0.657. The van der Waals surface area contributed by atoms with Crippen LogP contribution in [0.15, 0.2) is 6.07 Å². The topological polar surface area (TPSA) is 50.2 Å². The van der Waals surface area contributed by atoms with E-state index in [1.807, 2.05) is 13.8 Å². The summed E-state index contributed by atoms with van der Waals surface area (Å²) in [5.41, 5.74) is 2.69. The third kappa shape index (κ3) is 1.86. The van der Waals surface area contributed by atoms with Gasteiger partial charge in [0, 0.05) is 5.69 Å². The van der Waals surface area contributed by atoms with Crippen LogP contribution in [0.25, 0.3) is 0 Å². The average Bonchev–Trinajstić information content (AvgIpc) is 2.01. The first kappa shape index (κ1) is 9.71. The largest absolute Gasteiger partial charge is 0.478 e. The second-order valence-corrected chi connectivity index (χ2v) is 3.06. The Labute approximate surface area is 77.4 Å². The van der Waals surface area contributed by atoms with Crippen molar-refractivity contribution in [3.05, 3.63) is 28.6 Å². The number of pyridine rings is 1. The first-order valence-electron chi connectivity index (χ1n) is 4.26. The Morgan fingerprint density at radius 2 is 2.15 bits per heavy atom. The molecule has 1 aromatic rings. The van der Waals surface area contributed by atoms with Gasteiger partial charge in [-0.05, 0) is 31.9 Å². The summed E-state index contributed by atoms with van der Waals surface area (Å²) >= 11 is 0. The Morgan fingerprint density at radius 1 is 1.54 bits per heavy atom. The summed E-state index contributed by atoms with van der Waals surface area (Å²) in [5.74, 6) is -0.887. The van der Waals surface area contributed by atoms with Crippen LogP contribution >= 0.6 is 0 Å². The molecule has 1 rings (SSSR count). The van der Waals surface area contributed by atoms with Crippen LogP contribution in [-0.2, 0) is 6.42 Å². The van der Waals surface area contributed by atoms with Crippen molar-refractivity contribution in [1.29, 1.82) is 0 Å².